The van der Waals surface area contributed by atoms with E-state index in [2.05, 4.69) is 10.9 Å². The Morgan fingerprint density at radius 2 is 2.08 bits per heavy atom. The standard InChI is InChI=1S/C19H13ClN2O3S/c1-2-7-22-14-9-15-16(25-11-24-15)10-17(14)26-19(22)21-18(23)8-12-5-3-4-6-13(12)20/h1,3-6,9-10H,7-8,11H2. The van der Waals surface area contributed by atoms with Crippen LogP contribution in [0.5, 0.6) is 11.5 Å². The van der Waals surface area contributed by atoms with Crippen molar-refractivity contribution < 1.29 is 14.3 Å². The van der Waals surface area contributed by atoms with Crippen molar-refractivity contribution in [2.24, 2.45) is 4.99 Å². The number of halogens is 1. The van der Waals surface area contributed by atoms with E-state index in [0.717, 1.165) is 15.8 Å². The molecule has 26 heavy (non-hydrogen) atoms. The molecule has 0 saturated heterocycles. The molecule has 130 valence electrons. The number of fused-ring (bicyclic) bond motifs is 2. The Morgan fingerprint density at radius 1 is 1.31 bits per heavy atom. The molecule has 1 aliphatic heterocycles. The van der Waals surface area contributed by atoms with E-state index in [-0.39, 0.29) is 19.1 Å². The first kappa shape index (κ1) is 16.7. The number of carbonyl (C=O) groups is 1. The quantitative estimate of drug-likeness (QED) is 0.650. The summed E-state index contributed by atoms with van der Waals surface area (Å²) >= 11 is 7.51. The summed E-state index contributed by atoms with van der Waals surface area (Å²) < 4.78 is 13.6. The molecular weight excluding hydrogens is 372 g/mol. The monoisotopic (exact) mass is 384 g/mol. The van der Waals surface area contributed by atoms with Crippen LogP contribution in [0.3, 0.4) is 0 Å². The average Bonchev–Trinajstić information content (AvgIpc) is 3.20. The first-order valence-electron chi connectivity index (χ1n) is 7.83. The first-order valence-corrected chi connectivity index (χ1v) is 9.02. The van der Waals surface area contributed by atoms with Crippen LogP contribution in [0.1, 0.15) is 5.56 Å². The number of terminal acetylenes is 1. The fraction of sp³-hybridized carbons (Fsp3) is 0.158. The molecule has 1 amide bonds. The number of hydrogen-bond donors (Lipinski definition) is 0. The normalized spacial score (nSPS) is 13.2. The molecule has 0 radical (unpaired) electrons. The molecule has 0 N–H and O–H groups in total. The van der Waals surface area contributed by atoms with Crippen molar-refractivity contribution in [1.82, 2.24) is 4.57 Å². The summed E-state index contributed by atoms with van der Waals surface area (Å²) in [5.41, 5.74) is 1.61. The maximum Gasteiger partial charge on any atom is 0.252 e. The molecule has 2 heterocycles. The molecule has 1 aliphatic rings. The highest BCUT2D eigenvalue weighted by Gasteiger charge is 2.17. The molecule has 0 atom stereocenters. The molecule has 0 unspecified atom stereocenters. The molecule has 4 rings (SSSR count). The lowest BCUT2D eigenvalue weighted by atomic mass is 10.1. The minimum absolute atomic E-state index is 0.132. The lowest BCUT2D eigenvalue weighted by molar-refractivity contribution is -0.117. The zero-order valence-corrected chi connectivity index (χ0v) is 15.1. The Bertz CT molecular complexity index is 1120. The number of amides is 1. The van der Waals surface area contributed by atoms with Gasteiger partial charge in [-0.1, -0.05) is 47.1 Å². The van der Waals surface area contributed by atoms with Gasteiger partial charge in [-0.05, 0) is 11.6 Å². The number of nitrogens with zero attached hydrogens (tertiary/aromatic N) is 2. The SMILES string of the molecule is C#CCn1c(=NC(=O)Cc2ccccc2Cl)sc2cc3c(cc21)OCO3. The Hall–Kier alpha value is -2.75. The number of aromatic nitrogens is 1. The molecule has 2 aromatic carbocycles. The molecule has 5 nitrogen and oxygen atoms in total. The summed E-state index contributed by atoms with van der Waals surface area (Å²) in [6.45, 7) is 0.507. The van der Waals surface area contributed by atoms with Crippen molar-refractivity contribution in [3.05, 3.63) is 51.8 Å². The van der Waals surface area contributed by atoms with Crippen LogP contribution >= 0.6 is 22.9 Å². The Kier molecular flexibility index (Phi) is 4.41. The predicted octanol–water partition coefficient (Wildman–Crippen LogP) is 3.39. The van der Waals surface area contributed by atoms with Gasteiger partial charge >= 0.3 is 0 Å². The van der Waals surface area contributed by atoms with Crippen molar-refractivity contribution in [1.29, 1.82) is 0 Å². The lowest BCUT2D eigenvalue weighted by Crippen LogP contribution is -2.17. The molecular formula is C19H13ClN2O3S. The van der Waals surface area contributed by atoms with Gasteiger partial charge in [-0.15, -0.1) is 6.42 Å². The fourth-order valence-corrected chi connectivity index (χ4v) is 4.00. The van der Waals surface area contributed by atoms with Gasteiger partial charge < -0.3 is 14.0 Å². The summed E-state index contributed by atoms with van der Waals surface area (Å²) in [7, 11) is 0. The van der Waals surface area contributed by atoms with Gasteiger partial charge in [0, 0.05) is 17.2 Å². The topological polar surface area (TPSA) is 52.8 Å². The van der Waals surface area contributed by atoms with Gasteiger partial charge in [-0.25, -0.2) is 0 Å². The molecule has 0 bridgehead atoms. The van der Waals surface area contributed by atoms with Gasteiger partial charge in [-0.3, -0.25) is 4.79 Å². The van der Waals surface area contributed by atoms with Crippen LogP contribution in [0, 0.1) is 12.3 Å². The van der Waals surface area contributed by atoms with Crippen LogP contribution in [0.15, 0.2) is 41.4 Å². The molecule has 0 saturated carbocycles. The van der Waals surface area contributed by atoms with Gasteiger partial charge in [0.2, 0.25) is 6.79 Å². The summed E-state index contributed by atoms with van der Waals surface area (Å²) in [4.78, 5) is 17.2. The summed E-state index contributed by atoms with van der Waals surface area (Å²) in [5.74, 6) is 3.67. The highest BCUT2D eigenvalue weighted by Crippen LogP contribution is 2.36. The Labute approximate surface area is 158 Å². The highest BCUT2D eigenvalue weighted by molar-refractivity contribution is 7.16. The fourth-order valence-electron chi connectivity index (χ4n) is 2.74. The van der Waals surface area contributed by atoms with Crippen LogP contribution in [0.4, 0.5) is 0 Å². The van der Waals surface area contributed by atoms with Crippen LogP contribution in [0.2, 0.25) is 5.02 Å². The molecule has 0 fully saturated rings. The van der Waals surface area contributed by atoms with Crippen molar-refractivity contribution in [2.45, 2.75) is 13.0 Å². The number of hydrogen-bond acceptors (Lipinski definition) is 4. The Balaban J connectivity index is 1.76. The number of thiazole rings is 1. The second-order valence-electron chi connectivity index (χ2n) is 5.62. The minimum atomic E-state index is -0.282. The maximum atomic E-state index is 12.4. The lowest BCUT2D eigenvalue weighted by Gasteiger charge is -2.02. The molecule has 3 aromatic rings. The maximum absolute atomic E-state index is 12.4. The largest absolute Gasteiger partial charge is 0.454 e. The van der Waals surface area contributed by atoms with Gasteiger partial charge in [0.25, 0.3) is 5.91 Å². The number of benzene rings is 2. The molecule has 7 heteroatoms. The molecule has 0 aliphatic carbocycles. The summed E-state index contributed by atoms with van der Waals surface area (Å²) in [6.07, 6.45) is 5.63. The van der Waals surface area contributed by atoms with Crippen LogP contribution < -0.4 is 14.3 Å². The van der Waals surface area contributed by atoms with E-state index in [1.54, 1.807) is 6.07 Å². The van der Waals surface area contributed by atoms with Crippen molar-refractivity contribution in [3.63, 3.8) is 0 Å². The van der Waals surface area contributed by atoms with E-state index in [1.807, 2.05) is 34.9 Å². The second kappa shape index (κ2) is 6.87. The predicted molar refractivity (Wildman–Crippen MR) is 100 cm³/mol. The molecule has 0 spiro atoms. The number of rotatable bonds is 3. The van der Waals surface area contributed by atoms with E-state index in [1.165, 1.54) is 11.3 Å². The number of carbonyl (C=O) groups excluding carboxylic acids is 1. The van der Waals surface area contributed by atoms with E-state index in [0.29, 0.717) is 27.9 Å². The third kappa shape index (κ3) is 3.07. The van der Waals surface area contributed by atoms with E-state index >= 15 is 0 Å². The Morgan fingerprint density at radius 3 is 2.85 bits per heavy atom. The van der Waals surface area contributed by atoms with Gasteiger partial charge in [0.1, 0.15) is 0 Å². The highest BCUT2D eigenvalue weighted by atomic mass is 35.5. The van der Waals surface area contributed by atoms with Crippen LogP contribution in [-0.4, -0.2) is 17.3 Å². The van der Waals surface area contributed by atoms with E-state index < -0.39 is 0 Å². The third-order valence-corrected chi connectivity index (χ3v) is 5.36. The van der Waals surface area contributed by atoms with Crippen molar-refractivity contribution in [3.8, 4) is 23.8 Å². The smallest absolute Gasteiger partial charge is 0.252 e. The first-order chi connectivity index (χ1) is 12.7. The average molecular weight is 385 g/mol. The number of ether oxygens (including phenoxy) is 2. The van der Waals surface area contributed by atoms with Crippen LogP contribution in [-0.2, 0) is 17.8 Å². The van der Waals surface area contributed by atoms with Gasteiger partial charge in [0.15, 0.2) is 16.3 Å². The van der Waals surface area contributed by atoms with Crippen molar-refractivity contribution in [2.75, 3.05) is 6.79 Å². The second-order valence-corrected chi connectivity index (χ2v) is 7.04. The zero-order valence-electron chi connectivity index (χ0n) is 13.6. The zero-order chi connectivity index (χ0) is 18.1. The van der Waals surface area contributed by atoms with E-state index in [9.17, 15) is 4.79 Å². The van der Waals surface area contributed by atoms with Crippen LogP contribution in [0.25, 0.3) is 10.2 Å². The van der Waals surface area contributed by atoms with Gasteiger partial charge in [-0.2, -0.15) is 4.99 Å². The molecule has 1 aromatic heterocycles. The summed E-state index contributed by atoms with van der Waals surface area (Å²) in [5, 5.41) is 0.551. The third-order valence-electron chi connectivity index (χ3n) is 3.95. The minimum Gasteiger partial charge on any atom is -0.454 e. The summed E-state index contributed by atoms with van der Waals surface area (Å²) in [6, 6.07) is 11.0. The van der Waals surface area contributed by atoms with Crippen molar-refractivity contribution >= 4 is 39.1 Å². The van der Waals surface area contributed by atoms with Gasteiger partial charge in [0.05, 0.1) is 23.2 Å². The van der Waals surface area contributed by atoms with E-state index in [4.69, 9.17) is 27.5 Å².